The summed E-state index contributed by atoms with van der Waals surface area (Å²) in [5.74, 6) is -0.511. The van der Waals surface area contributed by atoms with Crippen molar-refractivity contribution in [2.45, 2.75) is 0 Å². The van der Waals surface area contributed by atoms with E-state index in [1.807, 2.05) is 0 Å². The van der Waals surface area contributed by atoms with E-state index >= 15 is 0 Å². The molecule has 0 spiro atoms. The molecule has 0 fully saturated rings. The Balaban J connectivity index is 2.64. The molecule has 82 valence electrons. The van der Waals surface area contributed by atoms with Crippen molar-refractivity contribution in [3.8, 4) is 11.1 Å². The zero-order chi connectivity index (χ0) is 11.7. The van der Waals surface area contributed by atoms with E-state index in [2.05, 4.69) is 0 Å². The average Bonchev–Trinajstić information content (AvgIpc) is 2.26. The Morgan fingerprint density at radius 1 is 1.31 bits per heavy atom. The predicted molar refractivity (Wildman–Crippen MR) is 61.5 cm³/mol. The first-order valence-corrected chi connectivity index (χ1v) is 4.80. The number of halogens is 1. The summed E-state index contributed by atoms with van der Waals surface area (Å²) in [4.78, 5) is 11.8. The van der Waals surface area contributed by atoms with Crippen molar-refractivity contribution in [3.63, 3.8) is 0 Å². The molecule has 0 saturated carbocycles. The molecule has 0 amide bonds. The van der Waals surface area contributed by atoms with Crippen molar-refractivity contribution in [2.24, 2.45) is 7.05 Å². The van der Waals surface area contributed by atoms with Gasteiger partial charge < -0.3 is 10.3 Å². The number of aromatic nitrogens is 1. The summed E-state index contributed by atoms with van der Waals surface area (Å²) in [6.45, 7) is 0. The molecule has 2 aromatic rings. The number of benzene rings is 1. The predicted octanol–water partition coefficient (Wildman–Crippen LogP) is 1.77. The van der Waals surface area contributed by atoms with Gasteiger partial charge in [0.15, 0.2) is 0 Å². The number of nitrogens with two attached hydrogens (primary N) is 1. The van der Waals surface area contributed by atoms with Crippen LogP contribution in [0.15, 0.2) is 41.3 Å². The van der Waals surface area contributed by atoms with Gasteiger partial charge in [-0.05, 0) is 29.8 Å². The topological polar surface area (TPSA) is 48.0 Å². The number of nitrogens with zero attached hydrogens (tertiary/aromatic N) is 1. The number of anilines is 1. The highest BCUT2D eigenvalue weighted by Crippen LogP contribution is 2.19. The average molecular weight is 218 g/mol. The minimum absolute atomic E-state index is 0.0801. The molecule has 0 radical (unpaired) electrons. The van der Waals surface area contributed by atoms with E-state index in [0.717, 1.165) is 0 Å². The second-order valence-corrected chi connectivity index (χ2v) is 3.57. The molecular weight excluding hydrogens is 207 g/mol. The van der Waals surface area contributed by atoms with Gasteiger partial charge in [-0.3, -0.25) is 4.79 Å². The second kappa shape index (κ2) is 3.81. The van der Waals surface area contributed by atoms with E-state index in [4.69, 9.17) is 5.73 Å². The van der Waals surface area contributed by atoms with Crippen LogP contribution in [0.1, 0.15) is 0 Å². The lowest BCUT2D eigenvalue weighted by molar-refractivity contribution is 0.633. The SMILES string of the molecule is Cn1cccc(-c2ccc(N)c(F)c2)c1=O. The zero-order valence-corrected chi connectivity index (χ0v) is 8.77. The maximum Gasteiger partial charge on any atom is 0.258 e. The first kappa shape index (κ1) is 10.4. The van der Waals surface area contributed by atoms with E-state index in [1.165, 1.54) is 16.7 Å². The quantitative estimate of drug-likeness (QED) is 0.741. The van der Waals surface area contributed by atoms with Crippen LogP contribution in [0.25, 0.3) is 11.1 Å². The van der Waals surface area contributed by atoms with Crippen LogP contribution in [-0.2, 0) is 7.05 Å². The first-order chi connectivity index (χ1) is 7.59. The highest BCUT2D eigenvalue weighted by molar-refractivity contribution is 5.64. The van der Waals surface area contributed by atoms with Crippen LogP contribution in [0.2, 0.25) is 0 Å². The van der Waals surface area contributed by atoms with Crippen molar-refractivity contribution in [1.82, 2.24) is 4.57 Å². The highest BCUT2D eigenvalue weighted by Gasteiger charge is 2.06. The Bertz CT molecular complexity index is 590. The first-order valence-electron chi connectivity index (χ1n) is 4.80. The van der Waals surface area contributed by atoms with E-state index in [9.17, 15) is 9.18 Å². The highest BCUT2D eigenvalue weighted by atomic mass is 19.1. The third-order valence-electron chi connectivity index (χ3n) is 2.43. The Labute approximate surface area is 92.0 Å². The molecule has 4 heteroatoms. The summed E-state index contributed by atoms with van der Waals surface area (Å²) in [6, 6.07) is 7.76. The van der Waals surface area contributed by atoms with Gasteiger partial charge in [0.05, 0.1) is 5.69 Å². The number of hydrogen-bond acceptors (Lipinski definition) is 2. The number of aryl methyl sites for hydroxylation is 1. The van der Waals surface area contributed by atoms with E-state index in [-0.39, 0.29) is 11.2 Å². The van der Waals surface area contributed by atoms with Crippen LogP contribution >= 0.6 is 0 Å². The monoisotopic (exact) mass is 218 g/mol. The van der Waals surface area contributed by atoms with Gasteiger partial charge in [-0.25, -0.2) is 4.39 Å². The summed E-state index contributed by atoms with van der Waals surface area (Å²) in [5.41, 5.74) is 6.29. The summed E-state index contributed by atoms with van der Waals surface area (Å²) >= 11 is 0. The molecular formula is C12H11FN2O. The molecule has 1 aromatic carbocycles. The number of rotatable bonds is 1. The Morgan fingerprint density at radius 2 is 2.06 bits per heavy atom. The van der Waals surface area contributed by atoms with E-state index < -0.39 is 5.82 Å². The van der Waals surface area contributed by atoms with Crippen molar-refractivity contribution >= 4 is 5.69 Å². The van der Waals surface area contributed by atoms with Gasteiger partial charge in [-0.1, -0.05) is 6.07 Å². The van der Waals surface area contributed by atoms with Crippen molar-refractivity contribution in [1.29, 1.82) is 0 Å². The molecule has 2 N–H and O–H groups in total. The number of hydrogen-bond donors (Lipinski definition) is 1. The van der Waals surface area contributed by atoms with Crippen LogP contribution in [0.5, 0.6) is 0 Å². The fourth-order valence-corrected chi connectivity index (χ4v) is 1.51. The summed E-state index contributed by atoms with van der Waals surface area (Å²) in [6.07, 6.45) is 1.65. The van der Waals surface area contributed by atoms with Crippen molar-refractivity contribution in [2.75, 3.05) is 5.73 Å². The molecule has 0 unspecified atom stereocenters. The van der Waals surface area contributed by atoms with Gasteiger partial charge in [0, 0.05) is 18.8 Å². The van der Waals surface area contributed by atoms with Crippen LogP contribution in [-0.4, -0.2) is 4.57 Å². The molecule has 3 nitrogen and oxygen atoms in total. The molecule has 0 aliphatic heterocycles. The molecule has 0 atom stereocenters. The molecule has 0 bridgehead atoms. The van der Waals surface area contributed by atoms with Crippen LogP contribution in [0, 0.1) is 5.82 Å². The third-order valence-corrected chi connectivity index (χ3v) is 2.43. The summed E-state index contributed by atoms with van der Waals surface area (Å²) in [7, 11) is 1.65. The number of nitrogen functional groups attached to an aromatic ring is 1. The molecule has 1 aromatic heterocycles. The largest absolute Gasteiger partial charge is 0.396 e. The second-order valence-electron chi connectivity index (χ2n) is 3.57. The van der Waals surface area contributed by atoms with Crippen molar-refractivity contribution in [3.05, 3.63) is 52.7 Å². The van der Waals surface area contributed by atoms with Gasteiger partial charge in [-0.15, -0.1) is 0 Å². The summed E-state index contributed by atoms with van der Waals surface area (Å²) < 4.78 is 14.7. The normalized spacial score (nSPS) is 10.4. The molecule has 0 aliphatic rings. The standard InChI is InChI=1S/C12H11FN2O/c1-15-6-2-3-9(12(15)16)8-4-5-11(14)10(13)7-8/h2-7H,14H2,1H3. The molecule has 1 heterocycles. The van der Waals surface area contributed by atoms with Crippen molar-refractivity contribution < 1.29 is 4.39 Å². The van der Waals surface area contributed by atoms with E-state index in [0.29, 0.717) is 11.1 Å². The van der Waals surface area contributed by atoms with Gasteiger partial charge in [0.25, 0.3) is 5.56 Å². The molecule has 2 rings (SSSR count). The molecule has 0 saturated heterocycles. The maximum atomic E-state index is 13.3. The Morgan fingerprint density at radius 3 is 2.75 bits per heavy atom. The minimum Gasteiger partial charge on any atom is -0.396 e. The van der Waals surface area contributed by atoms with Gasteiger partial charge >= 0.3 is 0 Å². The maximum absolute atomic E-state index is 13.3. The third kappa shape index (κ3) is 1.69. The van der Waals surface area contributed by atoms with Crippen LogP contribution in [0.4, 0.5) is 10.1 Å². The van der Waals surface area contributed by atoms with Gasteiger partial charge in [-0.2, -0.15) is 0 Å². The zero-order valence-electron chi connectivity index (χ0n) is 8.77. The minimum atomic E-state index is -0.511. The lowest BCUT2D eigenvalue weighted by atomic mass is 10.1. The van der Waals surface area contributed by atoms with Gasteiger partial charge in [0.2, 0.25) is 0 Å². The summed E-state index contributed by atoms with van der Waals surface area (Å²) in [5, 5.41) is 0. The van der Waals surface area contributed by atoms with Gasteiger partial charge in [0.1, 0.15) is 5.82 Å². The molecule has 0 aliphatic carbocycles. The lowest BCUT2D eigenvalue weighted by Crippen LogP contribution is -2.17. The molecule has 16 heavy (non-hydrogen) atoms. The fourth-order valence-electron chi connectivity index (χ4n) is 1.51. The lowest BCUT2D eigenvalue weighted by Gasteiger charge is -2.04. The smallest absolute Gasteiger partial charge is 0.258 e. The van der Waals surface area contributed by atoms with Crippen LogP contribution in [0.3, 0.4) is 0 Å². The fraction of sp³-hybridized carbons (Fsp3) is 0.0833. The number of pyridine rings is 1. The van der Waals surface area contributed by atoms with Crippen LogP contribution < -0.4 is 11.3 Å². The Kier molecular flexibility index (Phi) is 2.48. The Hall–Kier alpha value is -2.10. The van der Waals surface area contributed by atoms with E-state index in [1.54, 1.807) is 31.4 Å².